The van der Waals surface area contributed by atoms with Gasteiger partial charge in [0, 0.05) is 13.2 Å². The molecule has 3 heteroatoms. The molecule has 1 aliphatic rings. The quantitative estimate of drug-likeness (QED) is 0.631. The van der Waals surface area contributed by atoms with Gasteiger partial charge in [0.15, 0.2) is 0 Å². The normalized spacial score (nSPS) is 24.2. The van der Waals surface area contributed by atoms with Crippen LogP contribution in [0.2, 0.25) is 0 Å². The molecule has 1 N–H and O–H groups in total. The Morgan fingerprint density at radius 3 is 2.92 bits per heavy atom. The van der Waals surface area contributed by atoms with Crippen LogP contribution in [0.15, 0.2) is 0 Å². The molecule has 3 nitrogen and oxygen atoms in total. The van der Waals surface area contributed by atoms with Crippen LogP contribution in [0.5, 0.6) is 0 Å². The number of ether oxygens (including phenoxy) is 2. The first-order chi connectivity index (χ1) is 5.93. The molecule has 0 radical (unpaired) electrons. The second-order valence-electron chi connectivity index (χ2n) is 3.11. The van der Waals surface area contributed by atoms with Gasteiger partial charge in [-0.25, -0.2) is 0 Å². The third-order valence-electron chi connectivity index (χ3n) is 2.09. The van der Waals surface area contributed by atoms with E-state index in [1.54, 1.807) is 0 Å². The van der Waals surface area contributed by atoms with Crippen molar-refractivity contribution in [2.45, 2.75) is 31.8 Å². The third kappa shape index (κ3) is 4.04. The van der Waals surface area contributed by atoms with Gasteiger partial charge < -0.3 is 14.6 Å². The molecule has 0 aromatic rings. The molecule has 1 heterocycles. The minimum Gasteiger partial charge on any atom is -0.394 e. The van der Waals surface area contributed by atoms with E-state index >= 15 is 0 Å². The SMILES string of the molecule is OCCOCCC1CCCCO1. The Bertz CT molecular complexity index is 99.9. The van der Waals surface area contributed by atoms with E-state index in [9.17, 15) is 0 Å². The summed E-state index contributed by atoms with van der Waals surface area (Å²) in [5.41, 5.74) is 0. The van der Waals surface area contributed by atoms with Gasteiger partial charge in [0.25, 0.3) is 0 Å². The maximum atomic E-state index is 8.45. The van der Waals surface area contributed by atoms with Crippen LogP contribution >= 0.6 is 0 Å². The van der Waals surface area contributed by atoms with E-state index in [-0.39, 0.29) is 6.61 Å². The lowest BCUT2D eigenvalue weighted by Crippen LogP contribution is -2.21. The summed E-state index contributed by atoms with van der Waals surface area (Å²) in [6.45, 7) is 2.19. The second kappa shape index (κ2) is 6.40. The summed E-state index contributed by atoms with van der Waals surface area (Å²) in [6.07, 6.45) is 5.03. The van der Waals surface area contributed by atoms with Crippen molar-refractivity contribution < 1.29 is 14.6 Å². The van der Waals surface area contributed by atoms with Crippen LogP contribution in [-0.4, -0.2) is 37.6 Å². The van der Waals surface area contributed by atoms with E-state index in [1.807, 2.05) is 0 Å². The van der Waals surface area contributed by atoms with Gasteiger partial charge in [0.1, 0.15) is 0 Å². The van der Waals surface area contributed by atoms with E-state index in [1.165, 1.54) is 19.3 Å². The van der Waals surface area contributed by atoms with E-state index in [2.05, 4.69) is 0 Å². The molecule has 1 fully saturated rings. The summed E-state index contributed by atoms with van der Waals surface area (Å²) in [6, 6.07) is 0. The van der Waals surface area contributed by atoms with Crippen LogP contribution in [0, 0.1) is 0 Å². The molecule has 1 unspecified atom stereocenters. The average Bonchev–Trinajstić information content (AvgIpc) is 2.14. The van der Waals surface area contributed by atoms with Gasteiger partial charge in [-0.05, 0) is 25.7 Å². The summed E-state index contributed by atoms with van der Waals surface area (Å²) < 4.78 is 10.7. The maximum Gasteiger partial charge on any atom is 0.0697 e. The van der Waals surface area contributed by atoms with Gasteiger partial charge in [0.05, 0.1) is 19.3 Å². The fraction of sp³-hybridized carbons (Fsp3) is 1.00. The Balaban J connectivity index is 1.91. The molecule has 0 aromatic carbocycles. The number of aliphatic hydroxyl groups excluding tert-OH is 1. The van der Waals surface area contributed by atoms with Gasteiger partial charge in [0.2, 0.25) is 0 Å². The van der Waals surface area contributed by atoms with Crippen molar-refractivity contribution in [1.29, 1.82) is 0 Å². The van der Waals surface area contributed by atoms with Crippen molar-refractivity contribution in [3.63, 3.8) is 0 Å². The van der Waals surface area contributed by atoms with E-state index in [4.69, 9.17) is 14.6 Å². The molecular formula is C9H18O3. The van der Waals surface area contributed by atoms with Gasteiger partial charge >= 0.3 is 0 Å². The number of hydrogen-bond acceptors (Lipinski definition) is 3. The first-order valence-electron chi connectivity index (χ1n) is 4.73. The fourth-order valence-corrected chi connectivity index (χ4v) is 1.42. The van der Waals surface area contributed by atoms with Crippen LogP contribution in [0.25, 0.3) is 0 Å². The van der Waals surface area contributed by atoms with Crippen LogP contribution in [0.3, 0.4) is 0 Å². The zero-order valence-electron chi connectivity index (χ0n) is 7.50. The Morgan fingerprint density at radius 1 is 1.33 bits per heavy atom. The minimum atomic E-state index is 0.117. The van der Waals surface area contributed by atoms with Crippen molar-refractivity contribution in [3.05, 3.63) is 0 Å². The van der Waals surface area contributed by atoms with Crippen molar-refractivity contribution in [1.82, 2.24) is 0 Å². The highest BCUT2D eigenvalue weighted by atomic mass is 16.5. The van der Waals surface area contributed by atoms with Crippen LogP contribution in [-0.2, 0) is 9.47 Å². The van der Waals surface area contributed by atoms with Crippen LogP contribution < -0.4 is 0 Å². The second-order valence-corrected chi connectivity index (χ2v) is 3.11. The van der Waals surface area contributed by atoms with Gasteiger partial charge in [-0.2, -0.15) is 0 Å². The summed E-state index contributed by atoms with van der Waals surface area (Å²) in [4.78, 5) is 0. The standard InChI is InChI=1S/C9H18O3/c10-5-8-11-7-4-9-3-1-2-6-12-9/h9-10H,1-8H2. The molecule has 12 heavy (non-hydrogen) atoms. The number of aliphatic hydroxyl groups is 1. The number of rotatable bonds is 5. The highest BCUT2D eigenvalue weighted by molar-refractivity contribution is 4.62. The molecule has 1 aliphatic heterocycles. The first-order valence-corrected chi connectivity index (χ1v) is 4.73. The van der Waals surface area contributed by atoms with Crippen LogP contribution in [0.1, 0.15) is 25.7 Å². The average molecular weight is 174 g/mol. The zero-order chi connectivity index (χ0) is 8.65. The van der Waals surface area contributed by atoms with Crippen molar-refractivity contribution in [2.24, 2.45) is 0 Å². The Kier molecular flexibility index (Phi) is 5.32. The molecule has 0 aliphatic carbocycles. The topological polar surface area (TPSA) is 38.7 Å². The highest BCUT2D eigenvalue weighted by Crippen LogP contribution is 2.15. The summed E-state index contributed by atoms with van der Waals surface area (Å²) in [5, 5.41) is 8.45. The number of hydrogen-bond donors (Lipinski definition) is 1. The van der Waals surface area contributed by atoms with Crippen molar-refractivity contribution >= 4 is 0 Å². The van der Waals surface area contributed by atoms with Crippen molar-refractivity contribution in [3.8, 4) is 0 Å². The summed E-state index contributed by atoms with van der Waals surface area (Å²) >= 11 is 0. The molecule has 0 aromatic heterocycles. The van der Waals surface area contributed by atoms with E-state index in [0.29, 0.717) is 19.3 Å². The van der Waals surface area contributed by atoms with E-state index in [0.717, 1.165) is 13.0 Å². The predicted molar refractivity (Wildman–Crippen MR) is 46.1 cm³/mol. The first kappa shape index (κ1) is 9.96. The molecular weight excluding hydrogens is 156 g/mol. The molecule has 1 atom stereocenters. The van der Waals surface area contributed by atoms with E-state index < -0.39 is 0 Å². The predicted octanol–water partition coefficient (Wildman–Crippen LogP) is 0.954. The monoisotopic (exact) mass is 174 g/mol. The molecule has 0 bridgehead atoms. The lowest BCUT2D eigenvalue weighted by molar-refractivity contribution is -0.0108. The molecule has 72 valence electrons. The Labute approximate surface area is 73.7 Å². The smallest absolute Gasteiger partial charge is 0.0697 e. The van der Waals surface area contributed by atoms with Crippen LogP contribution in [0.4, 0.5) is 0 Å². The van der Waals surface area contributed by atoms with Gasteiger partial charge in [-0.1, -0.05) is 0 Å². The largest absolute Gasteiger partial charge is 0.394 e. The third-order valence-corrected chi connectivity index (χ3v) is 2.09. The lowest BCUT2D eigenvalue weighted by Gasteiger charge is -2.22. The Hall–Kier alpha value is -0.120. The van der Waals surface area contributed by atoms with Gasteiger partial charge in [-0.15, -0.1) is 0 Å². The Morgan fingerprint density at radius 2 is 2.25 bits per heavy atom. The highest BCUT2D eigenvalue weighted by Gasteiger charge is 2.12. The fourth-order valence-electron chi connectivity index (χ4n) is 1.42. The summed E-state index contributed by atoms with van der Waals surface area (Å²) in [7, 11) is 0. The lowest BCUT2D eigenvalue weighted by atomic mass is 10.1. The zero-order valence-corrected chi connectivity index (χ0v) is 7.50. The summed E-state index contributed by atoms with van der Waals surface area (Å²) in [5.74, 6) is 0. The molecule has 1 rings (SSSR count). The maximum absolute atomic E-state index is 8.45. The molecule has 1 saturated heterocycles. The van der Waals surface area contributed by atoms with Crippen molar-refractivity contribution in [2.75, 3.05) is 26.4 Å². The van der Waals surface area contributed by atoms with Gasteiger partial charge in [-0.3, -0.25) is 0 Å². The minimum absolute atomic E-state index is 0.117. The molecule has 0 saturated carbocycles. The molecule has 0 amide bonds. The molecule has 0 spiro atoms.